The lowest BCUT2D eigenvalue weighted by atomic mass is 9.93. The van der Waals surface area contributed by atoms with Gasteiger partial charge in [0.15, 0.2) is 14.1 Å². The number of esters is 1. The second-order valence-electron chi connectivity index (χ2n) is 9.14. The molecule has 1 aliphatic rings. The summed E-state index contributed by atoms with van der Waals surface area (Å²) in [6.45, 7) is 13.1. The van der Waals surface area contributed by atoms with Gasteiger partial charge in [-0.2, -0.15) is 0 Å². The average Bonchev–Trinajstić information content (AvgIpc) is 2.94. The van der Waals surface area contributed by atoms with E-state index in [9.17, 15) is 9.59 Å². The number of hydrogen-bond acceptors (Lipinski definition) is 4. The second-order valence-corrected chi connectivity index (χ2v) is 13.9. The van der Waals surface area contributed by atoms with Gasteiger partial charge in [-0.3, -0.25) is 9.59 Å². The molecular weight excluding hydrogens is 368 g/mol. The van der Waals surface area contributed by atoms with Gasteiger partial charge >= 0.3 is 5.97 Å². The van der Waals surface area contributed by atoms with Crippen LogP contribution in [0.4, 0.5) is 0 Å². The third-order valence-corrected chi connectivity index (χ3v) is 10.6. The summed E-state index contributed by atoms with van der Waals surface area (Å²) in [6.07, 6.45) is 4.24. The van der Waals surface area contributed by atoms with Crippen LogP contribution in [-0.2, 0) is 25.2 Å². The van der Waals surface area contributed by atoms with Crippen molar-refractivity contribution in [3.63, 3.8) is 0 Å². The van der Waals surface area contributed by atoms with Crippen LogP contribution in [-0.4, -0.2) is 33.3 Å². The topological polar surface area (TPSA) is 52.6 Å². The maximum atomic E-state index is 12.7. The van der Waals surface area contributed by atoms with Gasteiger partial charge in [0.1, 0.15) is 0 Å². The second kappa shape index (κ2) is 8.74. The zero-order valence-electron chi connectivity index (χ0n) is 18.3. The monoisotopic (exact) mass is 402 g/mol. The minimum atomic E-state index is -1.93. The molecule has 0 spiro atoms. The molecule has 0 bridgehead atoms. The predicted molar refractivity (Wildman–Crippen MR) is 116 cm³/mol. The third kappa shape index (κ3) is 5.20. The molecule has 0 radical (unpaired) electrons. The SMILES string of the molecule is COC(=O)CCCc1cccc(C2=CC(O[Si](C)(C)C(C)(C)C)CC2=O)c1C. The van der Waals surface area contributed by atoms with E-state index in [-0.39, 0.29) is 22.9 Å². The Kier molecular flexibility index (Phi) is 7.05. The smallest absolute Gasteiger partial charge is 0.305 e. The minimum absolute atomic E-state index is 0.113. The number of carbonyl (C=O) groups excluding carboxylic acids is 2. The first-order valence-electron chi connectivity index (χ1n) is 10.0. The Labute approximate surface area is 170 Å². The van der Waals surface area contributed by atoms with Crippen LogP contribution >= 0.6 is 0 Å². The van der Waals surface area contributed by atoms with Crippen molar-refractivity contribution in [1.82, 2.24) is 0 Å². The molecule has 1 atom stereocenters. The van der Waals surface area contributed by atoms with E-state index in [1.54, 1.807) is 0 Å². The fraction of sp³-hybridized carbons (Fsp3) is 0.565. The third-order valence-electron chi connectivity index (χ3n) is 6.08. The number of carbonyl (C=O) groups is 2. The number of allylic oxidation sites excluding steroid dienone is 1. The molecule has 28 heavy (non-hydrogen) atoms. The number of Topliss-reactive ketones (excluding diaryl/α,β-unsaturated/α-hetero) is 1. The predicted octanol–water partition coefficient (Wildman–Crippen LogP) is 5.24. The maximum absolute atomic E-state index is 12.7. The lowest BCUT2D eigenvalue weighted by Crippen LogP contribution is -2.43. The van der Waals surface area contributed by atoms with Crippen molar-refractivity contribution in [2.24, 2.45) is 0 Å². The van der Waals surface area contributed by atoms with Crippen molar-refractivity contribution in [2.45, 2.75) is 77.6 Å². The average molecular weight is 403 g/mol. The highest BCUT2D eigenvalue weighted by atomic mass is 28.4. The minimum Gasteiger partial charge on any atom is -0.469 e. The van der Waals surface area contributed by atoms with Crippen molar-refractivity contribution in [3.8, 4) is 0 Å². The Morgan fingerprint density at radius 1 is 1.25 bits per heavy atom. The Bertz CT molecular complexity index is 771. The first-order valence-corrected chi connectivity index (χ1v) is 13.0. The first-order chi connectivity index (χ1) is 13.0. The molecule has 1 aliphatic carbocycles. The van der Waals surface area contributed by atoms with Crippen molar-refractivity contribution in [2.75, 3.05) is 7.11 Å². The summed E-state index contributed by atoms with van der Waals surface area (Å²) >= 11 is 0. The molecule has 2 rings (SSSR count). The van der Waals surface area contributed by atoms with Crippen molar-refractivity contribution < 1.29 is 18.8 Å². The molecule has 5 heteroatoms. The summed E-state index contributed by atoms with van der Waals surface area (Å²) in [7, 11) is -0.516. The Balaban J connectivity index is 2.19. The van der Waals surface area contributed by atoms with Gasteiger partial charge in [-0.25, -0.2) is 0 Å². The zero-order chi connectivity index (χ0) is 21.1. The number of benzene rings is 1. The lowest BCUT2D eigenvalue weighted by Gasteiger charge is -2.37. The summed E-state index contributed by atoms with van der Waals surface area (Å²) in [5, 5.41) is 0.113. The summed E-state index contributed by atoms with van der Waals surface area (Å²) in [5.41, 5.74) is 4.04. The van der Waals surface area contributed by atoms with Crippen LogP contribution in [0.25, 0.3) is 5.57 Å². The summed E-state index contributed by atoms with van der Waals surface area (Å²) in [6, 6.07) is 6.07. The van der Waals surface area contributed by atoms with Gasteiger partial charge in [0.25, 0.3) is 0 Å². The Hall–Kier alpha value is -1.72. The normalized spacial score (nSPS) is 17.6. The molecule has 0 amide bonds. The van der Waals surface area contributed by atoms with Crippen molar-refractivity contribution in [1.29, 1.82) is 0 Å². The number of methoxy groups -OCH3 is 1. The van der Waals surface area contributed by atoms with Gasteiger partial charge < -0.3 is 9.16 Å². The quantitative estimate of drug-likeness (QED) is 0.462. The van der Waals surface area contributed by atoms with E-state index in [0.717, 1.165) is 29.5 Å². The van der Waals surface area contributed by atoms with E-state index in [1.807, 2.05) is 18.2 Å². The first kappa shape index (κ1) is 22.6. The van der Waals surface area contributed by atoms with Gasteiger partial charge in [-0.1, -0.05) is 39.0 Å². The van der Waals surface area contributed by atoms with E-state index in [0.29, 0.717) is 12.8 Å². The van der Waals surface area contributed by atoms with Gasteiger partial charge in [-0.15, -0.1) is 0 Å². The standard InChI is InChI=1S/C23H34O4Si/c1-16-17(11-9-13-22(25)26-5)10-8-12-19(16)20-14-18(15-21(20)24)27-28(6,7)23(2,3)4/h8,10,12,14,18H,9,11,13,15H2,1-7H3. The summed E-state index contributed by atoms with van der Waals surface area (Å²) < 4.78 is 11.2. The Morgan fingerprint density at radius 2 is 1.93 bits per heavy atom. The molecule has 154 valence electrons. The van der Waals surface area contributed by atoms with Crippen LogP contribution in [0, 0.1) is 6.92 Å². The highest BCUT2D eigenvalue weighted by Crippen LogP contribution is 2.39. The van der Waals surface area contributed by atoms with E-state index in [4.69, 9.17) is 9.16 Å². The molecule has 0 aromatic heterocycles. The number of ether oxygens (including phenoxy) is 1. The zero-order valence-corrected chi connectivity index (χ0v) is 19.3. The van der Waals surface area contributed by atoms with Crippen LogP contribution < -0.4 is 0 Å². The van der Waals surface area contributed by atoms with Gasteiger partial charge in [0.2, 0.25) is 0 Å². The molecule has 0 N–H and O–H groups in total. The fourth-order valence-corrected chi connectivity index (χ4v) is 4.53. The maximum Gasteiger partial charge on any atom is 0.305 e. The van der Waals surface area contributed by atoms with Gasteiger partial charge in [0, 0.05) is 18.4 Å². The van der Waals surface area contributed by atoms with Crippen LogP contribution in [0.3, 0.4) is 0 Å². The highest BCUT2D eigenvalue weighted by Gasteiger charge is 2.40. The molecule has 1 aromatic rings. The van der Waals surface area contributed by atoms with E-state index >= 15 is 0 Å². The largest absolute Gasteiger partial charge is 0.469 e. The van der Waals surface area contributed by atoms with E-state index < -0.39 is 8.32 Å². The highest BCUT2D eigenvalue weighted by molar-refractivity contribution is 6.74. The van der Waals surface area contributed by atoms with E-state index in [2.05, 4.69) is 46.9 Å². The molecular formula is C23H34O4Si. The number of rotatable bonds is 7. The van der Waals surface area contributed by atoms with Gasteiger partial charge in [-0.05, 0) is 60.7 Å². The van der Waals surface area contributed by atoms with Gasteiger partial charge in [0.05, 0.1) is 13.2 Å². The Morgan fingerprint density at radius 3 is 2.54 bits per heavy atom. The molecule has 0 heterocycles. The van der Waals surface area contributed by atoms with Crippen molar-refractivity contribution >= 4 is 25.6 Å². The van der Waals surface area contributed by atoms with E-state index in [1.165, 1.54) is 12.7 Å². The lowest BCUT2D eigenvalue weighted by molar-refractivity contribution is -0.140. The van der Waals surface area contributed by atoms with Crippen LogP contribution in [0.15, 0.2) is 24.3 Å². The van der Waals surface area contributed by atoms with Crippen LogP contribution in [0.2, 0.25) is 18.1 Å². The number of aryl methyl sites for hydroxylation is 1. The summed E-state index contributed by atoms with van der Waals surface area (Å²) in [4.78, 5) is 24.1. The molecule has 0 aliphatic heterocycles. The van der Waals surface area contributed by atoms with Crippen molar-refractivity contribution in [3.05, 3.63) is 41.0 Å². The van der Waals surface area contributed by atoms with Crippen LogP contribution in [0.5, 0.6) is 0 Å². The molecule has 0 fully saturated rings. The number of hydrogen-bond donors (Lipinski definition) is 0. The van der Waals surface area contributed by atoms with Crippen LogP contribution in [0.1, 0.15) is 56.7 Å². The molecule has 0 saturated heterocycles. The molecule has 4 nitrogen and oxygen atoms in total. The molecule has 1 unspecified atom stereocenters. The molecule has 0 saturated carbocycles. The summed E-state index contributed by atoms with van der Waals surface area (Å²) in [5.74, 6) is -0.0355. The number of ketones is 1. The fourth-order valence-electron chi connectivity index (χ4n) is 3.27. The molecule has 1 aromatic carbocycles.